The maximum Gasteiger partial charge on any atom is 0.369 e. The third kappa shape index (κ3) is 3.79. The molecular weight excluding hydrogens is 259 g/mol. The summed E-state index contributed by atoms with van der Waals surface area (Å²) in [5, 5.41) is 0. The van der Waals surface area contributed by atoms with Gasteiger partial charge in [-0.1, -0.05) is 30.3 Å². The molecule has 0 aliphatic rings. The molecule has 1 atom stereocenters. The summed E-state index contributed by atoms with van der Waals surface area (Å²) in [6, 6.07) is 7.10. The number of hydrogen-bond acceptors (Lipinski definition) is 1. The Hall–Kier alpha value is 0.267. The number of ether oxygens (including phenoxy) is 1. The van der Waals surface area contributed by atoms with Crippen molar-refractivity contribution >= 4 is 39.2 Å². The number of benzene rings is 1. The summed E-state index contributed by atoms with van der Waals surface area (Å²) < 4.78 is 5.18. The maximum atomic E-state index is 5.89. The molecule has 5 heteroatoms. The lowest BCUT2D eigenvalue weighted by Gasteiger charge is -2.20. The Morgan fingerprint density at radius 3 is 2.21 bits per heavy atom. The second-order valence-electron chi connectivity index (χ2n) is 2.96. The summed E-state index contributed by atoms with van der Waals surface area (Å²) in [5.74, 6) is 0. The van der Waals surface area contributed by atoms with Crippen LogP contribution in [0.2, 0.25) is 0 Å². The van der Waals surface area contributed by atoms with Crippen molar-refractivity contribution in [1.82, 2.24) is 0 Å². The monoisotopic (exact) mass is 268 g/mol. The number of methoxy groups -OCH3 is 1. The molecular formula is C9H11Cl3OSi. The Labute approximate surface area is 99.0 Å². The first-order chi connectivity index (χ1) is 6.54. The largest absolute Gasteiger partial charge is 0.380 e. The van der Waals surface area contributed by atoms with Gasteiger partial charge in [0, 0.05) is 7.11 Å². The van der Waals surface area contributed by atoms with Gasteiger partial charge in [0.15, 0.2) is 0 Å². The van der Waals surface area contributed by atoms with Gasteiger partial charge < -0.3 is 4.74 Å². The predicted octanol–water partition coefficient (Wildman–Crippen LogP) is 3.44. The molecule has 0 radical (unpaired) electrons. The van der Waals surface area contributed by atoms with E-state index in [2.05, 4.69) is 0 Å². The number of halogens is 3. The Bertz CT molecular complexity index is 273. The van der Waals surface area contributed by atoms with Crippen LogP contribution in [-0.4, -0.2) is 18.8 Å². The average Bonchev–Trinajstić information content (AvgIpc) is 2.14. The molecule has 78 valence electrons. The van der Waals surface area contributed by atoms with Crippen LogP contribution in [-0.2, 0) is 11.2 Å². The van der Waals surface area contributed by atoms with Gasteiger partial charge in [-0.15, -0.1) is 33.2 Å². The van der Waals surface area contributed by atoms with E-state index in [-0.39, 0.29) is 5.73 Å². The molecule has 0 aromatic heterocycles. The summed E-state index contributed by atoms with van der Waals surface area (Å²) >= 11 is 17.7. The maximum absolute atomic E-state index is 5.89. The quantitative estimate of drug-likeness (QED) is 0.601. The Kier molecular flexibility index (Phi) is 4.74. The third-order valence-corrected chi connectivity index (χ3v) is 5.27. The Morgan fingerprint density at radius 1 is 1.21 bits per heavy atom. The van der Waals surface area contributed by atoms with Gasteiger partial charge in [-0.25, -0.2) is 0 Å². The van der Waals surface area contributed by atoms with Crippen molar-refractivity contribution in [2.24, 2.45) is 0 Å². The van der Waals surface area contributed by atoms with Gasteiger partial charge in [0.2, 0.25) is 0 Å². The molecule has 0 saturated carbocycles. The standard InChI is InChI=1S/C9H11Cl3OSi/c1-13-9(14(10,11)12)7-8-5-3-2-4-6-8/h2-6,9H,7H2,1H3. The Balaban J connectivity index is 2.67. The summed E-state index contributed by atoms with van der Waals surface area (Å²) in [5.41, 5.74) is 0.841. The van der Waals surface area contributed by atoms with Crippen molar-refractivity contribution in [3.63, 3.8) is 0 Å². The van der Waals surface area contributed by atoms with Crippen LogP contribution in [0.3, 0.4) is 0 Å². The van der Waals surface area contributed by atoms with Crippen LogP contribution in [0.15, 0.2) is 30.3 Å². The van der Waals surface area contributed by atoms with Gasteiger partial charge in [0.05, 0.1) is 5.73 Å². The van der Waals surface area contributed by atoms with E-state index in [0.717, 1.165) is 5.56 Å². The van der Waals surface area contributed by atoms with E-state index in [4.69, 9.17) is 38.0 Å². The van der Waals surface area contributed by atoms with Crippen LogP contribution in [0.1, 0.15) is 5.56 Å². The van der Waals surface area contributed by atoms with Crippen molar-refractivity contribution in [2.45, 2.75) is 12.1 Å². The van der Waals surface area contributed by atoms with Crippen molar-refractivity contribution in [2.75, 3.05) is 7.11 Å². The molecule has 0 heterocycles. The molecule has 0 fully saturated rings. The molecule has 1 nitrogen and oxygen atoms in total. The highest BCUT2D eigenvalue weighted by molar-refractivity contribution is 7.65. The van der Waals surface area contributed by atoms with Crippen LogP contribution in [0.5, 0.6) is 0 Å². The predicted molar refractivity (Wildman–Crippen MR) is 64.3 cm³/mol. The summed E-state index contributed by atoms with van der Waals surface area (Å²) in [6.07, 6.45) is 0.653. The molecule has 0 spiro atoms. The normalized spacial score (nSPS) is 14.0. The SMILES string of the molecule is COC(Cc1ccccc1)[Si](Cl)(Cl)Cl. The minimum atomic E-state index is -2.77. The van der Waals surface area contributed by atoms with Crippen molar-refractivity contribution < 1.29 is 4.74 Å². The first-order valence-electron chi connectivity index (χ1n) is 4.17. The van der Waals surface area contributed by atoms with E-state index >= 15 is 0 Å². The van der Waals surface area contributed by atoms with Gasteiger partial charge in [-0.05, 0) is 12.0 Å². The molecule has 1 rings (SSSR count). The van der Waals surface area contributed by atoms with Crippen LogP contribution in [0.25, 0.3) is 0 Å². The average molecular weight is 270 g/mol. The van der Waals surface area contributed by atoms with Gasteiger partial charge in [0.25, 0.3) is 0 Å². The molecule has 0 aliphatic carbocycles. The molecule has 1 aromatic carbocycles. The highest BCUT2D eigenvalue weighted by atomic mass is 35.8. The lowest BCUT2D eigenvalue weighted by atomic mass is 10.2. The van der Waals surface area contributed by atoms with Crippen molar-refractivity contribution in [3.05, 3.63) is 35.9 Å². The number of rotatable bonds is 4. The van der Waals surface area contributed by atoms with Gasteiger partial charge in [-0.2, -0.15) is 0 Å². The smallest absolute Gasteiger partial charge is 0.369 e. The zero-order chi connectivity index (χ0) is 10.6. The topological polar surface area (TPSA) is 9.23 Å². The third-order valence-electron chi connectivity index (χ3n) is 1.91. The van der Waals surface area contributed by atoms with Crippen LogP contribution >= 0.6 is 33.2 Å². The summed E-state index contributed by atoms with van der Waals surface area (Å²) in [7, 11) is 1.57. The molecule has 0 bridgehead atoms. The first kappa shape index (κ1) is 12.3. The fraction of sp³-hybridized carbons (Fsp3) is 0.333. The zero-order valence-corrected chi connectivity index (χ0v) is 11.0. The fourth-order valence-corrected chi connectivity index (χ4v) is 3.39. The molecule has 14 heavy (non-hydrogen) atoms. The molecule has 1 unspecified atom stereocenters. The second kappa shape index (κ2) is 5.38. The fourth-order valence-electron chi connectivity index (χ4n) is 1.16. The first-order valence-corrected chi connectivity index (χ1v) is 9.28. The molecule has 0 aliphatic heterocycles. The summed E-state index contributed by atoms with van der Waals surface area (Å²) in [4.78, 5) is 0. The van der Waals surface area contributed by atoms with Crippen LogP contribution < -0.4 is 0 Å². The van der Waals surface area contributed by atoms with E-state index < -0.39 is 6.00 Å². The van der Waals surface area contributed by atoms with Gasteiger partial charge >= 0.3 is 6.00 Å². The highest BCUT2D eigenvalue weighted by Crippen LogP contribution is 2.28. The van der Waals surface area contributed by atoms with E-state index in [1.807, 2.05) is 30.3 Å². The minimum absolute atomic E-state index is 0.282. The van der Waals surface area contributed by atoms with E-state index in [0.29, 0.717) is 6.42 Å². The van der Waals surface area contributed by atoms with Gasteiger partial charge in [0.1, 0.15) is 0 Å². The van der Waals surface area contributed by atoms with Gasteiger partial charge in [-0.3, -0.25) is 0 Å². The molecule has 1 aromatic rings. The lowest BCUT2D eigenvalue weighted by Crippen LogP contribution is -2.35. The lowest BCUT2D eigenvalue weighted by molar-refractivity contribution is 0.163. The molecule has 0 amide bonds. The second-order valence-corrected chi connectivity index (χ2v) is 11.8. The molecule has 0 N–H and O–H groups in total. The van der Waals surface area contributed by atoms with Crippen molar-refractivity contribution in [3.8, 4) is 0 Å². The van der Waals surface area contributed by atoms with Crippen LogP contribution in [0, 0.1) is 0 Å². The molecule has 0 saturated heterocycles. The van der Waals surface area contributed by atoms with E-state index in [9.17, 15) is 0 Å². The summed E-state index contributed by atoms with van der Waals surface area (Å²) in [6.45, 7) is 0. The highest BCUT2D eigenvalue weighted by Gasteiger charge is 2.37. The van der Waals surface area contributed by atoms with Crippen molar-refractivity contribution in [1.29, 1.82) is 0 Å². The number of hydrogen-bond donors (Lipinski definition) is 0. The zero-order valence-electron chi connectivity index (χ0n) is 7.71. The van der Waals surface area contributed by atoms with E-state index in [1.54, 1.807) is 7.11 Å². The van der Waals surface area contributed by atoms with Crippen LogP contribution in [0.4, 0.5) is 0 Å². The van der Waals surface area contributed by atoms with E-state index in [1.165, 1.54) is 0 Å². The Morgan fingerprint density at radius 2 is 1.79 bits per heavy atom. The minimum Gasteiger partial charge on any atom is -0.380 e.